The molecule has 0 amide bonds. The van der Waals surface area contributed by atoms with Crippen LogP contribution in [-0.2, 0) is 0 Å². The first-order valence-corrected chi connectivity index (χ1v) is 7.91. The maximum absolute atomic E-state index is 12.8. The van der Waals surface area contributed by atoms with Crippen molar-refractivity contribution in [3.05, 3.63) is 9.60 Å². The molecule has 1 aliphatic carbocycles. The Balaban J connectivity index is 1.54. The first kappa shape index (κ1) is 15.0. The Hall–Kier alpha value is -0.430. The summed E-state index contributed by atoms with van der Waals surface area (Å²) in [6.45, 7) is 1.72. The van der Waals surface area contributed by atoms with Crippen LogP contribution in [0.2, 0.25) is 4.34 Å². The van der Waals surface area contributed by atoms with Crippen molar-refractivity contribution in [2.75, 3.05) is 18.4 Å². The molecule has 0 unspecified atom stereocenters. The summed E-state index contributed by atoms with van der Waals surface area (Å²) < 4.78 is 13.2. The van der Waals surface area contributed by atoms with Gasteiger partial charge in [0.2, 0.25) is 0 Å². The molecule has 0 aromatic carbocycles. The van der Waals surface area contributed by atoms with Gasteiger partial charge in [0, 0.05) is 18.6 Å². The van der Waals surface area contributed by atoms with Crippen LogP contribution in [0, 0.1) is 5.26 Å². The summed E-state index contributed by atoms with van der Waals surface area (Å²) in [6.07, 6.45) is 5.60. The minimum absolute atomic E-state index is 0.315. The van der Waals surface area contributed by atoms with Crippen LogP contribution in [0.1, 0.15) is 32.1 Å². The molecule has 4 N–H and O–H groups in total. The number of nitrogens with zero attached hydrogens (tertiary/aromatic N) is 1. The molecule has 7 heteroatoms. The van der Waals surface area contributed by atoms with Gasteiger partial charge < -0.3 is 16.4 Å². The van der Waals surface area contributed by atoms with Crippen molar-refractivity contribution in [1.82, 2.24) is 10.3 Å². The van der Waals surface area contributed by atoms with Gasteiger partial charge in [-0.2, -0.15) is 9.37 Å². The molecule has 0 spiro atoms. The van der Waals surface area contributed by atoms with E-state index in [2.05, 4.69) is 15.6 Å². The summed E-state index contributed by atoms with van der Waals surface area (Å²) in [5.41, 5.74) is 5.98. The number of thiazole rings is 1. The summed E-state index contributed by atoms with van der Waals surface area (Å²) in [5, 5.41) is 6.04. The van der Waals surface area contributed by atoms with E-state index >= 15 is 0 Å². The number of hydrogen-bond acceptors (Lipinski definition) is 5. The highest BCUT2D eigenvalue weighted by atomic mass is 35.5. The van der Waals surface area contributed by atoms with E-state index < -0.39 is 5.26 Å². The summed E-state index contributed by atoms with van der Waals surface area (Å²) >= 11 is 6.67. The second-order valence-corrected chi connectivity index (χ2v) is 6.43. The van der Waals surface area contributed by atoms with Crippen LogP contribution in [0.25, 0.3) is 0 Å². The number of nitrogens with one attached hydrogen (secondary N) is 2. The molecular weight excluding hydrogens is 287 g/mol. The molecule has 0 bridgehead atoms. The molecule has 0 saturated heterocycles. The smallest absolute Gasteiger partial charge is 0.272 e. The van der Waals surface area contributed by atoms with Crippen LogP contribution in [0.15, 0.2) is 0 Å². The maximum atomic E-state index is 12.8. The minimum atomic E-state index is -0.496. The Morgan fingerprint density at radius 1 is 1.37 bits per heavy atom. The quantitative estimate of drug-likeness (QED) is 0.678. The maximum Gasteiger partial charge on any atom is 0.272 e. The highest BCUT2D eigenvalue weighted by molar-refractivity contribution is 7.15. The van der Waals surface area contributed by atoms with Gasteiger partial charge in [-0.05, 0) is 32.2 Å². The standard InChI is InChI=1S/C12H20ClFN4S/c13-10-11(18-12(14)19-10)17-7-2-1-6-16-9-5-3-4-8(9)15/h8-9,16-17H,1-7,15H2/t8-,9-/m0/s1. The SMILES string of the molecule is N[C@H]1CCC[C@@H]1NCCCCNc1nc(F)sc1Cl. The van der Waals surface area contributed by atoms with Crippen LogP contribution in [0.5, 0.6) is 0 Å². The normalized spacial score (nSPS) is 22.9. The molecule has 1 fully saturated rings. The van der Waals surface area contributed by atoms with Gasteiger partial charge in [0.15, 0.2) is 5.82 Å². The predicted octanol–water partition coefficient (Wildman–Crippen LogP) is 2.60. The minimum Gasteiger partial charge on any atom is -0.368 e. The van der Waals surface area contributed by atoms with E-state index in [9.17, 15) is 4.39 Å². The van der Waals surface area contributed by atoms with Gasteiger partial charge in [0.05, 0.1) is 0 Å². The number of anilines is 1. The molecule has 1 heterocycles. The zero-order chi connectivity index (χ0) is 13.7. The van der Waals surface area contributed by atoms with Gasteiger partial charge in [0.1, 0.15) is 4.34 Å². The zero-order valence-electron chi connectivity index (χ0n) is 10.8. The summed E-state index contributed by atoms with van der Waals surface area (Å²) in [5.74, 6) is 0.454. The predicted molar refractivity (Wildman–Crippen MR) is 78.4 cm³/mol. The van der Waals surface area contributed by atoms with E-state index in [0.29, 0.717) is 22.2 Å². The number of hydrogen-bond donors (Lipinski definition) is 3. The third-order valence-corrected chi connectivity index (χ3v) is 4.47. The van der Waals surface area contributed by atoms with Gasteiger partial charge in [0.25, 0.3) is 5.26 Å². The van der Waals surface area contributed by atoms with Crippen LogP contribution in [0.3, 0.4) is 0 Å². The van der Waals surface area contributed by atoms with Crippen molar-refractivity contribution in [3.8, 4) is 0 Å². The fourth-order valence-corrected chi connectivity index (χ4v) is 3.17. The lowest BCUT2D eigenvalue weighted by molar-refractivity contribution is 0.468. The lowest BCUT2D eigenvalue weighted by atomic mass is 10.2. The van der Waals surface area contributed by atoms with E-state index in [1.165, 1.54) is 12.8 Å². The third-order valence-electron chi connectivity index (χ3n) is 3.43. The molecule has 2 atom stereocenters. The lowest BCUT2D eigenvalue weighted by Gasteiger charge is -2.17. The lowest BCUT2D eigenvalue weighted by Crippen LogP contribution is -2.41. The van der Waals surface area contributed by atoms with Crippen molar-refractivity contribution < 1.29 is 4.39 Å². The van der Waals surface area contributed by atoms with Gasteiger partial charge >= 0.3 is 0 Å². The van der Waals surface area contributed by atoms with Crippen LogP contribution >= 0.6 is 22.9 Å². The van der Waals surface area contributed by atoms with Crippen molar-refractivity contribution in [2.24, 2.45) is 5.73 Å². The number of rotatable bonds is 7. The Kier molecular flexibility index (Phi) is 5.81. The van der Waals surface area contributed by atoms with Crippen LogP contribution < -0.4 is 16.4 Å². The molecule has 19 heavy (non-hydrogen) atoms. The number of halogens is 2. The van der Waals surface area contributed by atoms with Gasteiger partial charge in [-0.15, -0.1) is 0 Å². The van der Waals surface area contributed by atoms with E-state index in [1.54, 1.807) is 0 Å². The summed E-state index contributed by atoms with van der Waals surface area (Å²) in [7, 11) is 0. The molecule has 1 aromatic heterocycles. The molecule has 108 valence electrons. The van der Waals surface area contributed by atoms with E-state index in [4.69, 9.17) is 17.3 Å². The molecule has 1 aliphatic rings. The molecule has 1 aromatic rings. The third kappa shape index (κ3) is 4.56. The molecular formula is C12H20ClFN4S. The largest absolute Gasteiger partial charge is 0.368 e. The van der Waals surface area contributed by atoms with Gasteiger partial charge in [-0.25, -0.2) is 0 Å². The fourth-order valence-electron chi connectivity index (χ4n) is 2.37. The highest BCUT2D eigenvalue weighted by Gasteiger charge is 2.22. The Labute approximate surface area is 121 Å². The van der Waals surface area contributed by atoms with E-state index in [0.717, 1.165) is 43.7 Å². The van der Waals surface area contributed by atoms with Gasteiger partial charge in [-0.1, -0.05) is 29.4 Å². The molecule has 1 saturated carbocycles. The molecule has 2 rings (SSSR count). The number of nitrogens with two attached hydrogens (primary N) is 1. The fraction of sp³-hybridized carbons (Fsp3) is 0.750. The first-order valence-electron chi connectivity index (χ1n) is 6.71. The number of unbranched alkanes of at least 4 members (excludes halogenated alkanes) is 1. The second kappa shape index (κ2) is 7.38. The van der Waals surface area contributed by atoms with Crippen molar-refractivity contribution in [1.29, 1.82) is 0 Å². The van der Waals surface area contributed by atoms with Crippen molar-refractivity contribution >= 4 is 28.8 Å². The first-order chi connectivity index (χ1) is 9.16. The summed E-state index contributed by atoms with van der Waals surface area (Å²) in [6, 6.07) is 0.796. The average molecular weight is 307 g/mol. The number of aromatic nitrogens is 1. The topological polar surface area (TPSA) is 63.0 Å². The monoisotopic (exact) mass is 306 g/mol. The van der Waals surface area contributed by atoms with Crippen molar-refractivity contribution in [2.45, 2.75) is 44.2 Å². The Morgan fingerprint density at radius 2 is 2.16 bits per heavy atom. The highest BCUT2D eigenvalue weighted by Crippen LogP contribution is 2.27. The average Bonchev–Trinajstić information content (AvgIpc) is 2.90. The van der Waals surface area contributed by atoms with Crippen molar-refractivity contribution in [3.63, 3.8) is 0 Å². The van der Waals surface area contributed by atoms with E-state index in [-0.39, 0.29) is 0 Å². The molecule has 0 radical (unpaired) electrons. The molecule has 0 aliphatic heterocycles. The zero-order valence-corrected chi connectivity index (χ0v) is 12.4. The van der Waals surface area contributed by atoms with Crippen LogP contribution in [-0.4, -0.2) is 30.2 Å². The van der Waals surface area contributed by atoms with Crippen LogP contribution in [0.4, 0.5) is 10.2 Å². The van der Waals surface area contributed by atoms with Gasteiger partial charge in [-0.3, -0.25) is 0 Å². The second-order valence-electron chi connectivity index (χ2n) is 4.88. The Morgan fingerprint density at radius 3 is 2.79 bits per heavy atom. The molecule has 4 nitrogen and oxygen atoms in total. The van der Waals surface area contributed by atoms with E-state index in [1.807, 2.05) is 0 Å². The Bertz CT molecular complexity index is 401. The summed E-state index contributed by atoms with van der Waals surface area (Å²) in [4.78, 5) is 3.68.